The molecule has 2 rings (SSSR count). The molecule has 0 fully saturated rings. The van der Waals surface area contributed by atoms with Crippen LogP contribution in [0.2, 0.25) is 0 Å². The van der Waals surface area contributed by atoms with Gasteiger partial charge in [0.05, 0.1) is 19.6 Å². The van der Waals surface area contributed by atoms with E-state index in [1.807, 2.05) is 37.3 Å². The molecule has 3 N–H and O–H groups in total. The molecule has 0 aliphatic carbocycles. The molecule has 0 spiro atoms. The first kappa shape index (κ1) is 39.1. The number of rotatable bonds is 25. The van der Waals surface area contributed by atoms with Gasteiger partial charge in [0.1, 0.15) is 12.6 Å². The lowest BCUT2D eigenvalue weighted by molar-refractivity contribution is -0.147. The summed E-state index contributed by atoms with van der Waals surface area (Å²) in [6.45, 7) is 2.82. The largest absolute Gasteiger partial charge is 0.458 e. The van der Waals surface area contributed by atoms with E-state index in [9.17, 15) is 24.0 Å². The van der Waals surface area contributed by atoms with E-state index in [1.54, 1.807) is 0 Å². The maximum absolute atomic E-state index is 12.8. The van der Waals surface area contributed by atoms with Gasteiger partial charge in [0, 0.05) is 46.1 Å². The van der Waals surface area contributed by atoms with Crippen LogP contribution in [-0.4, -0.2) is 82.1 Å². The molecule has 0 bridgehead atoms. The van der Waals surface area contributed by atoms with Gasteiger partial charge in [-0.2, -0.15) is 0 Å². The number of nitrogens with one attached hydrogen (secondary N) is 3. The molecule has 0 heterocycles. The van der Waals surface area contributed by atoms with E-state index in [0.717, 1.165) is 31.2 Å². The fraction of sp³-hybridized carbons (Fsp3) is 0.528. The zero-order valence-corrected chi connectivity index (χ0v) is 27.9. The van der Waals surface area contributed by atoms with Crippen LogP contribution in [0.3, 0.4) is 0 Å². The van der Waals surface area contributed by atoms with E-state index in [1.165, 1.54) is 18.2 Å². The maximum atomic E-state index is 12.8. The zero-order valence-electron chi connectivity index (χ0n) is 27.9. The Morgan fingerprint density at radius 2 is 1.38 bits per heavy atom. The van der Waals surface area contributed by atoms with Crippen molar-refractivity contribution in [1.29, 1.82) is 0 Å². The van der Waals surface area contributed by atoms with Crippen molar-refractivity contribution in [2.24, 2.45) is 0 Å². The van der Waals surface area contributed by atoms with Crippen molar-refractivity contribution >= 4 is 29.5 Å². The van der Waals surface area contributed by atoms with Crippen molar-refractivity contribution in [3.63, 3.8) is 0 Å². The summed E-state index contributed by atoms with van der Waals surface area (Å²) in [4.78, 5) is 61.5. The number of aryl methyl sites for hydroxylation is 2. The molecule has 47 heavy (non-hydrogen) atoms. The third kappa shape index (κ3) is 18.6. The lowest BCUT2D eigenvalue weighted by Gasteiger charge is -2.19. The highest BCUT2D eigenvalue weighted by molar-refractivity contribution is 5.88. The van der Waals surface area contributed by atoms with Gasteiger partial charge >= 0.3 is 5.97 Å². The van der Waals surface area contributed by atoms with E-state index in [4.69, 9.17) is 14.2 Å². The summed E-state index contributed by atoms with van der Waals surface area (Å²) < 4.78 is 15.2. The highest BCUT2D eigenvalue weighted by Crippen LogP contribution is 2.11. The van der Waals surface area contributed by atoms with Crippen LogP contribution in [0.5, 0.6) is 0 Å². The first-order valence-corrected chi connectivity index (χ1v) is 16.5. The fourth-order valence-corrected chi connectivity index (χ4v) is 4.71. The van der Waals surface area contributed by atoms with Gasteiger partial charge in [-0.3, -0.25) is 24.0 Å². The fourth-order valence-electron chi connectivity index (χ4n) is 4.71. The number of benzene rings is 2. The lowest BCUT2D eigenvalue weighted by Crippen LogP contribution is -2.47. The molecule has 3 amide bonds. The van der Waals surface area contributed by atoms with Crippen molar-refractivity contribution in [1.82, 2.24) is 16.0 Å². The van der Waals surface area contributed by atoms with E-state index in [2.05, 4.69) is 40.2 Å². The van der Waals surface area contributed by atoms with Gasteiger partial charge in [0.15, 0.2) is 5.78 Å². The predicted molar refractivity (Wildman–Crippen MR) is 179 cm³/mol. The van der Waals surface area contributed by atoms with Crippen molar-refractivity contribution in [2.45, 2.75) is 77.2 Å². The first-order valence-electron chi connectivity index (χ1n) is 16.5. The predicted octanol–water partition coefficient (Wildman–Crippen LogP) is 3.26. The van der Waals surface area contributed by atoms with Crippen LogP contribution in [0.25, 0.3) is 0 Å². The Morgan fingerprint density at radius 1 is 0.723 bits per heavy atom. The number of unbranched alkanes of at least 4 members (excludes halogenated alkanes) is 1. The van der Waals surface area contributed by atoms with Gasteiger partial charge in [-0.15, -0.1) is 0 Å². The minimum Gasteiger partial charge on any atom is -0.458 e. The van der Waals surface area contributed by atoms with Crippen molar-refractivity contribution in [2.75, 3.05) is 46.6 Å². The minimum atomic E-state index is -0.849. The normalized spacial score (nSPS) is 11.4. The third-order valence-electron chi connectivity index (χ3n) is 7.32. The van der Waals surface area contributed by atoms with Crippen LogP contribution >= 0.6 is 0 Å². The smallest absolute Gasteiger partial charge is 0.308 e. The van der Waals surface area contributed by atoms with E-state index < -0.39 is 17.9 Å². The quantitative estimate of drug-likeness (QED) is 0.109. The summed E-state index contributed by atoms with van der Waals surface area (Å²) >= 11 is 0. The van der Waals surface area contributed by atoms with Crippen LogP contribution in [-0.2, 0) is 57.4 Å². The number of esters is 1. The van der Waals surface area contributed by atoms with Gasteiger partial charge in [0.2, 0.25) is 17.7 Å². The number of methoxy groups -OCH3 is 1. The zero-order chi connectivity index (χ0) is 34.1. The van der Waals surface area contributed by atoms with Crippen LogP contribution < -0.4 is 16.0 Å². The molecule has 11 heteroatoms. The summed E-state index contributed by atoms with van der Waals surface area (Å²) in [5.74, 6) is -1.79. The summed E-state index contributed by atoms with van der Waals surface area (Å²) in [7, 11) is 1.51. The Kier molecular flexibility index (Phi) is 20.1. The second-order valence-corrected chi connectivity index (χ2v) is 11.2. The number of amides is 3. The second-order valence-electron chi connectivity index (χ2n) is 11.2. The van der Waals surface area contributed by atoms with Crippen LogP contribution in [0.15, 0.2) is 54.6 Å². The molecule has 0 radical (unpaired) electrons. The lowest BCUT2D eigenvalue weighted by atomic mass is 10.0. The number of hydrogen-bond donors (Lipinski definition) is 3. The Labute approximate surface area is 278 Å². The summed E-state index contributed by atoms with van der Waals surface area (Å²) in [5.41, 5.74) is 3.43. The number of carbonyl (C=O) groups is 5. The molecule has 0 aromatic heterocycles. The third-order valence-corrected chi connectivity index (χ3v) is 7.32. The van der Waals surface area contributed by atoms with Crippen LogP contribution in [0.4, 0.5) is 0 Å². The maximum Gasteiger partial charge on any atom is 0.308 e. The Balaban J connectivity index is 1.67. The number of Topliss-reactive ketones (excluding diaryl/α,β-unsaturated/α-hetero) is 1. The average Bonchev–Trinajstić information content (AvgIpc) is 3.07. The van der Waals surface area contributed by atoms with Crippen molar-refractivity contribution in [3.05, 3.63) is 71.3 Å². The molecule has 0 unspecified atom stereocenters. The highest BCUT2D eigenvalue weighted by atomic mass is 16.5. The highest BCUT2D eigenvalue weighted by Gasteiger charge is 2.21. The van der Waals surface area contributed by atoms with Crippen molar-refractivity contribution in [3.8, 4) is 0 Å². The molecule has 2 aromatic carbocycles. The summed E-state index contributed by atoms with van der Waals surface area (Å²) in [5, 5.41) is 8.09. The molecule has 0 saturated heterocycles. The first-order chi connectivity index (χ1) is 22.8. The standard InChI is InChI=1S/C36H51N3O8/c1-3-46-25-21-34(42)39-32(14-9-22-37-33(41)20-24-45-2)36(44)38-23-19-35(43)47-27-31(40)26-30-17-15-29(16-18-30)13-8-7-12-28-10-5-4-6-11-28/h4-6,10-11,15-18,32H,3,7-9,12-14,19-27H2,1-2H3,(H,37,41)(H,38,44)(H,39,42)/t32-/m0/s1. The van der Waals surface area contributed by atoms with Crippen molar-refractivity contribution < 1.29 is 38.2 Å². The Bertz CT molecular complexity index is 1220. The Morgan fingerprint density at radius 3 is 2.06 bits per heavy atom. The van der Waals surface area contributed by atoms with E-state index in [-0.39, 0.29) is 69.5 Å². The van der Waals surface area contributed by atoms with Crippen LogP contribution in [0, 0.1) is 0 Å². The number of carbonyl (C=O) groups excluding carboxylic acids is 5. The molecule has 0 saturated carbocycles. The average molecular weight is 654 g/mol. The monoisotopic (exact) mass is 653 g/mol. The molecule has 1 atom stereocenters. The molecular weight excluding hydrogens is 602 g/mol. The molecule has 0 aliphatic heterocycles. The number of hydrogen-bond acceptors (Lipinski definition) is 8. The number of ether oxygens (including phenoxy) is 3. The van der Waals surface area contributed by atoms with Gasteiger partial charge in [-0.25, -0.2) is 0 Å². The molecule has 258 valence electrons. The van der Waals surface area contributed by atoms with Gasteiger partial charge in [-0.05, 0) is 62.1 Å². The van der Waals surface area contributed by atoms with Gasteiger partial charge in [-0.1, -0.05) is 54.6 Å². The topological polar surface area (TPSA) is 149 Å². The molecule has 11 nitrogen and oxygen atoms in total. The molecule has 0 aliphatic rings. The summed E-state index contributed by atoms with van der Waals surface area (Å²) in [6.07, 6.45) is 5.34. The van der Waals surface area contributed by atoms with Gasteiger partial charge < -0.3 is 30.2 Å². The van der Waals surface area contributed by atoms with Gasteiger partial charge in [0.25, 0.3) is 0 Å². The SMILES string of the molecule is CCOCCC(=O)N[C@@H](CCCNC(=O)CCOC)C(=O)NCCC(=O)OCC(=O)Cc1ccc(CCCCc2ccccc2)cc1. The molecular formula is C36H51N3O8. The summed E-state index contributed by atoms with van der Waals surface area (Å²) in [6, 6.07) is 17.5. The second kappa shape index (κ2) is 24.1. The van der Waals surface area contributed by atoms with E-state index >= 15 is 0 Å². The van der Waals surface area contributed by atoms with E-state index in [0.29, 0.717) is 26.2 Å². The molecule has 2 aromatic rings. The Hall–Kier alpha value is -4.09. The minimum absolute atomic E-state index is 0.0161. The van der Waals surface area contributed by atoms with Crippen LogP contribution in [0.1, 0.15) is 68.6 Å². The number of ketones is 1.